The number of halogens is 1. The van der Waals surface area contributed by atoms with Gasteiger partial charge in [-0.25, -0.2) is 4.39 Å². The summed E-state index contributed by atoms with van der Waals surface area (Å²) in [5.41, 5.74) is 4.47. The third kappa shape index (κ3) is 4.30. The number of amides is 1. The van der Waals surface area contributed by atoms with Crippen LogP contribution in [0.15, 0.2) is 72.9 Å². The standard InChI is InChI=1S/C26H26FN3O2/c1-30(2)19-11-8-17(9-12-19)22(23-16-28-24-7-5-4-6-20(23)24)15-29-26(31)21-14-18(27)10-13-25(21)32-3/h4-14,16,22,28H,15H2,1-3H3,(H,29,31). The Bertz CT molecular complexity index is 1230. The lowest BCUT2D eigenvalue weighted by Gasteiger charge is -2.20. The van der Waals surface area contributed by atoms with Gasteiger partial charge >= 0.3 is 0 Å². The summed E-state index contributed by atoms with van der Waals surface area (Å²) >= 11 is 0. The normalized spacial score (nSPS) is 11.9. The Hall–Kier alpha value is -3.80. The van der Waals surface area contributed by atoms with E-state index in [-0.39, 0.29) is 17.4 Å². The summed E-state index contributed by atoms with van der Waals surface area (Å²) in [7, 11) is 5.46. The van der Waals surface area contributed by atoms with Gasteiger partial charge < -0.3 is 19.9 Å². The van der Waals surface area contributed by atoms with E-state index in [0.717, 1.165) is 27.7 Å². The molecule has 0 spiro atoms. The summed E-state index contributed by atoms with van der Waals surface area (Å²) < 4.78 is 19.0. The van der Waals surface area contributed by atoms with Crippen molar-refractivity contribution in [1.29, 1.82) is 0 Å². The van der Waals surface area contributed by atoms with Crippen molar-refractivity contribution in [3.63, 3.8) is 0 Å². The lowest BCUT2D eigenvalue weighted by Crippen LogP contribution is -2.29. The maximum Gasteiger partial charge on any atom is 0.255 e. The van der Waals surface area contributed by atoms with E-state index in [2.05, 4.69) is 40.6 Å². The SMILES string of the molecule is COc1ccc(F)cc1C(=O)NCC(c1ccc(N(C)C)cc1)c1c[nH]c2ccccc12. The van der Waals surface area contributed by atoms with Crippen LogP contribution in [0.1, 0.15) is 27.4 Å². The largest absolute Gasteiger partial charge is 0.496 e. The molecule has 3 aromatic carbocycles. The van der Waals surface area contributed by atoms with Crippen LogP contribution in [0.2, 0.25) is 0 Å². The summed E-state index contributed by atoms with van der Waals surface area (Å²) in [6.07, 6.45) is 1.99. The van der Waals surface area contributed by atoms with E-state index in [4.69, 9.17) is 4.74 Å². The molecule has 0 radical (unpaired) electrons. The fourth-order valence-corrected chi connectivity index (χ4v) is 3.94. The van der Waals surface area contributed by atoms with Crippen LogP contribution in [0.5, 0.6) is 5.75 Å². The van der Waals surface area contributed by atoms with Crippen LogP contribution >= 0.6 is 0 Å². The molecule has 0 fully saturated rings. The highest BCUT2D eigenvalue weighted by Gasteiger charge is 2.21. The number of carbonyl (C=O) groups is 1. The molecule has 32 heavy (non-hydrogen) atoms. The lowest BCUT2D eigenvalue weighted by molar-refractivity contribution is 0.0949. The van der Waals surface area contributed by atoms with Crippen molar-refractivity contribution in [2.45, 2.75) is 5.92 Å². The van der Waals surface area contributed by atoms with E-state index in [1.165, 1.54) is 25.3 Å². The molecule has 1 amide bonds. The molecule has 1 unspecified atom stereocenters. The van der Waals surface area contributed by atoms with Crippen molar-refractivity contribution in [2.75, 3.05) is 32.6 Å². The van der Waals surface area contributed by atoms with Crippen LogP contribution in [-0.4, -0.2) is 38.6 Å². The van der Waals surface area contributed by atoms with Gasteiger partial charge in [0.1, 0.15) is 11.6 Å². The summed E-state index contributed by atoms with van der Waals surface area (Å²) in [6.45, 7) is 0.349. The number of methoxy groups -OCH3 is 1. The second kappa shape index (κ2) is 9.14. The van der Waals surface area contributed by atoms with Gasteiger partial charge in [-0.3, -0.25) is 4.79 Å². The molecule has 2 N–H and O–H groups in total. The molecule has 6 heteroatoms. The minimum atomic E-state index is -0.483. The average molecular weight is 432 g/mol. The Kier molecular flexibility index (Phi) is 6.12. The number of hydrogen-bond acceptors (Lipinski definition) is 3. The number of nitrogens with zero attached hydrogens (tertiary/aromatic N) is 1. The Balaban J connectivity index is 1.67. The second-order valence-electron chi connectivity index (χ2n) is 7.88. The molecule has 0 bridgehead atoms. The number of aromatic amines is 1. The Morgan fingerprint density at radius 3 is 2.56 bits per heavy atom. The molecule has 4 aromatic rings. The van der Waals surface area contributed by atoms with E-state index >= 15 is 0 Å². The average Bonchev–Trinajstić information content (AvgIpc) is 3.23. The second-order valence-corrected chi connectivity index (χ2v) is 7.88. The summed E-state index contributed by atoms with van der Waals surface area (Å²) in [5.74, 6) is -0.617. The number of benzene rings is 3. The Morgan fingerprint density at radius 2 is 1.84 bits per heavy atom. The number of anilines is 1. The summed E-state index contributed by atoms with van der Waals surface area (Å²) in [5, 5.41) is 4.08. The predicted octanol–water partition coefficient (Wildman–Crippen LogP) is 4.94. The molecular weight excluding hydrogens is 405 g/mol. The topological polar surface area (TPSA) is 57.4 Å². The molecule has 0 aliphatic rings. The number of rotatable bonds is 7. The molecule has 1 heterocycles. The number of para-hydroxylation sites is 1. The van der Waals surface area contributed by atoms with Crippen molar-refractivity contribution in [3.8, 4) is 5.75 Å². The minimum absolute atomic E-state index is 0.0918. The highest BCUT2D eigenvalue weighted by molar-refractivity contribution is 5.97. The van der Waals surface area contributed by atoms with E-state index in [1.807, 2.05) is 43.4 Å². The van der Waals surface area contributed by atoms with Gasteiger partial charge in [0, 0.05) is 49.3 Å². The number of H-pyrrole nitrogens is 1. The van der Waals surface area contributed by atoms with Crippen LogP contribution in [0, 0.1) is 5.82 Å². The molecule has 0 aliphatic carbocycles. The molecule has 0 aliphatic heterocycles. The summed E-state index contributed by atoms with van der Waals surface area (Å²) in [4.78, 5) is 18.3. The van der Waals surface area contributed by atoms with Gasteiger partial charge in [-0.15, -0.1) is 0 Å². The van der Waals surface area contributed by atoms with Crippen molar-refractivity contribution in [3.05, 3.63) is 95.4 Å². The summed E-state index contributed by atoms with van der Waals surface area (Å²) in [6, 6.07) is 20.3. The number of carbonyl (C=O) groups excluding carboxylic acids is 1. The number of ether oxygens (including phenoxy) is 1. The number of aromatic nitrogens is 1. The Labute approximate surface area is 186 Å². The van der Waals surface area contributed by atoms with E-state index in [9.17, 15) is 9.18 Å². The zero-order valence-electron chi connectivity index (χ0n) is 18.4. The van der Waals surface area contributed by atoms with Crippen molar-refractivity contribution in [2.24, 2.45) is 0 Å². The van der Waals surface area contributed by atoms with Gasteiger partial charge in [0.25, 0.3) is 5.91 Å². The quantitative estimate of drug-likeness (QED) is 0.436. The zero-order chi connectivity index (χ0) is 22.7. The van der Waals surface area contributed by atoms with Crippen molar-refractivity contribution < 1.29 is 13.9 Å². The first kappa shape index (κ1) is 21.4. The molecule has 1 atom stereocenters. The highest BCUT2D eigenvalue weighted by atomic mass is 19.1. The van der Waals surface area contributed by atoms with Crippen LogP contribution in [0.4, 0.5) is 10.1 Å². The number of hydrogen-bond donors (Lipinski definition) is 2. The van der Waals surface area contributed by atoms with E-state index < -0.39 is 5.82 Å². The van der Waals surface area contributed by atoms with Crippen LogP contribution in [0.25, 0.3) is 10.9 Å². The molecule has 0 saturated carbocycles. The smallest absolute Gasteiger partial charge is 0.255 e. The monoisotopic (exact) mass is 431 g/mol. The molecule has 1 aromatic heterocycles. The fraction of sp³-hybridized carbons (Fsp3) is 0.192. The van der Waals surface area contributed by atoms with Gasteiger partial charge in [0.05, 0.1) is 12.7 Å². The van der Waals surface area contributed by atoms with Crippen LogP contribution in [0.3, 0.4) is 0 Å². The molecular formula is C26H26FN3O2. The maximum atomic E-state index is 13.8. The lowest BCUT2D eigenvalue weighted by atomic mass is 9.90. The zero-order valence-corrected chi connectivity index (χ0v) is 18.4. The Morgan fingerprint density at radius 1 is 1.09 bits per heavy atom. The van der Waals surface area contributed by atoms with Gasteiger partial charge in [0.15, 0.2) is 0 Å². The first-order chi connectivity index (χ1) is 15.5. The van der Waals surface area contributed by atoms with Gasteiger partial charge in [-0.1, -0.05) is 30.3 Å². The number of fused-ring (bicyclic) bond motifs is 1. The van der Waals surface area contributed by atoms with Gasteiger partial charge in [-0.05, 0) is 47.5 Å². The van der Waals surface area contributed by atoms with Gasteiger partial charge in [0.2, 0.25) is 0 Å². The highest BCUT2D eigenvalue weighted by Crippen LogP contribution is 2.31. The van der Waals surface area contributed by atoms with E-state index in [0.29, 0.717) is 12.3 Å². The predicted molar refractivity (Wildman–Crippen MR) is 126 cm³/mol. The molecule has 5 nitrogen and oxygen atoms in total. The molecule has 4 rings (SSSR count). The van der Waals surface area contributed by atoms with E-state index in [1.54, 1.807) is 0 Å². The van der Waals surface area contributed by atoms with Gasteiger partial charge in [-0.2, -0.15) is 0 Å². The first-order valence-electron chi connectivity index (χ1n) is 10.4. The van der Waals surface area contributed by atoms with Crippen LogP contribution in [-0.2, 0) is 0 Å². The fourth-order valence-electron chi connectivity index (χ4n) is 3.94. The van der Waals surface area contributed by atoms with Crippen LogP contribution < -0.4 is 15.0 Å². The molecule has 164 valence electrons. The number of nitrogens with one attached hydrogen (secondary N) is 2. The molecule has 0 saturated heterocycles. The third-order valence-corrected chi connectivity index (χ3v) is 5.68. The maximum absolute atomic E-state index is 13.8. The van der Waals surface area contributed by atoms with Crippen molar-refractivity contribution >= 4 is 22.5 Å². The minimum Gasteiger partial charge on any atom is -0.496 e. The first-order valence-corrected chi connectivity index (χ1v) is 10.4. The van der Waals surface area contributed by atoms with Crippen molar-refractivity contribution in [1.82, 2.24) is 10.3 Å². The third-order valence-electron chi connectivity index (χ3n) is 5.68.